The third-order valence-corrected chi connectivity index (χ3v) is 1.66. The fraction of sp³-hybridized carbons (Fsp3) is 0. The van der Waals surface area contributed by atoms with Crippen molar-refractivity contribution >= 4 is 44.3 Å². The van der Waals surface area contributed by atoms with Crippen molar-refractivity contribution in [1.29, 1.82) is 0 Å². The van der Waals surface area contributed by atoms with Gasteiger partial charge in [0.25, 0.3) is 0 Å². The van der Waals surface area contributed by atoms with Crippen LogP contribution in [0.5, 0.6) is 5.75 Å². The number of para-hydroxylation sites is 1. The standard InChI is InChI=1S/C8H9O2P.Na/c1-2-7-5-3-4-6-8(7)10-11-9;/h2-6H,1,11H2;. The summed E-state index contributed by atoms with van der Waals surface area (Å²) in [6, 6.07) is 7.33. The topological polar surface area (TPSA) is 26.3 Å². The average molecular weight is 191 g/mol. The van der Waals surface area contributed by atoms with Gasteiger partial charge in [-0.2, -0.15) is 0 Å². The Labute approximate surface area is 95.2 Å². The van der Waals surface area contributed by atoms with Crippen LogP contribution in [0.4, 0.5) is 0 Å². The van der Waals surface area contributed by atoms with Gasteiger partial charge in [-0.1, -0.05) is 30.9 Å². The molecule has 0 N–H and O–H groups in total. The van der Waals surface area contributed by atoms with Gasteiger partial charge < -0.3 is 4.52 Å². The van der Waals surface area contributed by atoms with Gasteiger partial charge in [-0.05, 0) is 6.07 Å². The van der Waals surface area contributed by atoms with E-state index in [0.717, 1.165) is 5.56 Å². The molecule has 1 unspecified atom stereocenters. The summed E-state index contributed by atoms with van der Waals surface area (Å²) in [6.45, 7) is 3.60. The van der Waals surface area contributed by atoms with Crippen LogP contribution in [0.1, 0.15) is 5.56 Å². The summed E-state index contributed by atoms with van der Waals surface area (Å²) >= 11 is 0. The van der Waals surface area contributed by atoms with Crippen molar-refractivity contribution < 1.29 is 9.09 Å². The summed E-state index contributed by atoms with van der Waals surface area (Å²) in [4.78, 5) is 0. The fourth-order valence-electron chi connectivity index (χ4n) is 0.808. The molecule has 4 heteroatoms. The first-order chi connectivity index (χ1) is 5.38. The molecule has 12 heavy (non-hydrogen) atoms. The molecule has 0 heterocycles. The Bertz CT molecular complexity index is 276. The molecule has 0 fully saturated rings. The zero-order valence-corrected chi connectivity index (χ0v) is 10.1. The maximum absolute atomic E-state index is 10.2. The van der Waals surface area contributed by atoms with Crippen LogP contribution in [0.15, 0.2) is 30.8 Å². The Kier molecular flexibility index (Phi) is 6.49. The first-order valence-corrected chi connectivity index (χ1v) is 4.14. The van der Waals surface area contributed by atoms with Crippen molar-refractivity contribution in [3.8, 4) is 5.75 Å². The number of benzene rings is 1. The molecule has 59 valence electrons. The maximum atomic E-state index is 10.2. The Balaban J connectivity index is 0.00000121. The van der Waals surface area contributed by atoms with Gasteiger partial charge >= 0.3 is 0 Å². The van der Waals surface area contributed by atoms with Crippen LogP contribution in [0, 0.1) is 0 Å². The third-order valence-electron chi connectivity index (χ3n) is 1.31. The first-order valence-electron chi connectivity index (χ1n) is 3.20. The molecule has 0 saturated carbocycles. The second-order valence-electron chi connectivity index (χ2n) is 1.96. The molecule has 0 aliphatic carbocycles. The molecule has 0 saturated heterocycles. The molecule has 0 spiro atoms. The van der Waals surface area contributed by atoms with E-state index in [-0.39, 0.29) is 29.6 Å². The van der Waals surface area contributed by atoms with E-state index in [1.54, 1.807) is 12.1 Å². The summed E-state index contributed by atoms with van der Waals surface area (Å²) in [5.41, 5.74) is 0.871. The maximum Gasteiger partial charge on any atom is 0.225 e. The molecule has 0 amide bonds. The zero-order valence-electron chi connectivity index (χ0n) is 6.99. The number of hydrogen-bond donors (Lipinski definition) is 0. The van der Waals surface area contributed by atoms with Crippen molar-refractivity contribution in [2.45, 2.75) is 0 Å². The molecule has 0 aliphatic rings. The van der Waals surface area contributed by atoms with E-state index in [1.807, 2.05) is 18.2 Å². The van der Waals surface area contributed by atoms with E-state index in [9.17, 15) is 4.57 Å². The van der Waals surface area contributed by atoms with E-state index in [0.29, 0.717) is 5.75 Å². The van der Waals surface area contributed by atoms with Gasteiger partial charge in [-0.3, -0.25) is 4.57 Å². The first kappa shape index (κ1) is 12.0. The summed E-state index contributed by atoms with van der Waals surface area (Å²) in [5.74, 6) is 0.632. The van der Waals surface area contributed by atoms with Crippen molar-refractivity contribution in [1.82, 2.24) is 0 Å². The van der Waals surface area contributed by atoms with Crippen LogP contribution in [-0.4, -0.2) is 29.6 Å². The normalized spacial score (nSPS) is 9.33. The second kappa shape index (κ2) is 6.50. The van der Waals surface area contributed by atoms with Crippen molar-refractivity contribution in [2.75, 3.05) is 0 Å². The molecular weight excluding hydrogens is 182 g/mol. The van der Waals surface area contributed by atoms with Crippen LogP contribution in [0.25, 0.3) is 6.08 Å². The van der Waals surface area contributed by atoms with Gasteiger partial charge in [-0.25, -0.2) is 0 Å². The Morgan fingerprint density at radius 2 is 2.08 bits per heavy atom. The minimum Gasteiger partial charge on any atom is -0.446 e. The summed E-state index contributed by atoms with van der Waals surface area (Å²) in [6.07, 6.45) is 1.67. The number of hydrogen-bond acceptors (Lipinski definition) is 2. The molecular formula is C8H9NaO2P. The van der Waals surface area contributed by atoms with E-state index < -0.39 is 8.69 Å². The molecule has 1 rings (SSSR count). The molecule has 1 atom stereocenters. The molecule has 0 bridgehead atoms. The summed E-state index contributed by atoms with van der Waals surface area (Å²) < 4.78 is 15.1. The van der Waals surface area contributed by atoms with E-state index in [2.05, 4.69) is 6.58 Å². The number of rotatable bonds is 3. The quantitative estimate of drug-likeness (QED) is 0.539. The van der Waals surface area contributed by atoms with Gasteiger partial charge in [-0.15, -0.1) is 0 Å². The Morgan fingerprint density at radius 1 is 1.42 bits per heavy atom. The van der Waals surface area contributed by atoms with Crippen molar-refractivity contribution in [3.63, 3.8) is 0 Å². The molecule has 0 aromatic heterocycles. The smallest absolute Gasteiger partial charge is 0.225 e. The molecule has 1 radical (unpaired) electrons. The van der Waals surface area contributed by atoms with Gasteiger partial charge in [0.1, 0.15) is 5.75 Å². The second-order valence-corrected chi connectivity index (χ2v) is 2.38. The summed E-state index contributed by atoms with van der Waals surface area (Å²) in [5, 5.41) is 0. The minimum absolute atomic E-state index is 0. The van der Waals surface area contributed by atoms with E-state index in [4.69, 9.17) is 4.52 Å². The van der Waals surface area contributed by atoms with Crippen LogP contribution in [0.3, 0.4) is 0 Å². The largest absolute Gasteiger partial charge is 0.446 e. The monoisotopic (exact) mass is 191 g/mol. The van der Waals surface area contributed by atoms with E-state index >= 15 is 0 Å². The fourth-order valence-corrected chi connectivity index (χ4v) is 1.13. The SMILES string of the molecule is C=Cc1ccccc1O[PH2]=O.[Na]. The molecule has 0 aliphatic heterocycles. The van der Waals surface area contributed by atoms with Crippen LogP contribution < -0.4 is 4.52 Å². The minimum atomic E-state index is -1.19. The predicted octanol–water partition coefficient (Wildman–Crippen LogP) is 2.00. The third kappa shape index (κ3) is 3.16. The van der Waals surface area contributed by atoms with E-state index in [1.165, 1.54) is 0 Å². The molecule has 1 aromatic carbocycles. The van der Waals surface area contributed by atoms with Gasteiger partial charge in [0, 0.05) is 35.1 Å². The molecule has 1 aromatic rings. The average Bonchev–Trinajstić information content (AvgIpc) is 2.06. The zero-order chi connectivity index (χ0) is 8.10. The van der Waals surface area contributed by atoms with Gasteiger partial charge in [0.2, 0.25) is 8.69 Å². The van der Waals surface area contributed by atoms with Gasteiger partial charge in [0.05, 0.1) is 0 Å². The molecule has 2 nitrogen and oxygen atoms in total. The summed E-state index contributed by atoms with van der Waals surface area (Å²) in [7, 11) is -1.19. The Hall–Kier alpha value is -0.0100. The Morgan fingerprint density at radius 3 is 2.67 bits per heavy atom. The van der Waals surface area contributed by atoms with Gasteiger partial charge in [0.15, 0.2) is 0 Å². The van der Waals surface area contributed by atoms with Crippen molar-refractivity contribution in [3.05, 3.63) is 36.4 Å². The predicted molar refractivity (Wildman–Crippen MR) is 53.3 cm³/mol. The van der Waals surface area contributed by atoms with Crippen LogP contribution in [0.2, 0.25) is 0 Å². The van der Waals surface area contributed by atoms with Crippen LogP contribution in [-0.2, 0) is 4.57 Å². The van der Waals surface area contributed by atoms with Crippen LogP contribution >= 0.6 is 8.69 Å². The van der Waals surface area contributed by atoms with Crippen molar-refractivity contribution in [2.24, 2.45) is 0 Å².